The summed E-state index contributed by atoms with van der Waals surface area (Å²) in [5, 5.41) is 2.25. The first-order chi connectivity index (χ1) is 5.06. The maximum absolute atomic E-state index is 10.0. The van der Waals surface area contributed by atoms with Gasteiger partial charge in [-0.25, -0.2) is 0 Å². The van der Waals surface area contributed by atoms with E-state index in [-0.39, 0.29) is 0 Å². The molecule has 9 heteroatoms. The summed E-state index contributed by atoms with van der Waals surface area (Å²) in [6, 6.07) is 0. The molecule has 0 spiro atoms. The lowest BCUT2D eigenvalue weighted by Crippen LogP contribution is -2.26. The van der Waals surface area contributed by atoms with Crippen molar-refractivity contribution in [2.45, 2.75) is 6.41 Å². The lowest BCUT2D eigenvalue weighted by Gasteiger charge is -2.12. The van der Waals surface area contributed by atoms with Gasteiger partial charge in [-0.05, 0) is 7.05 Å². The molecule has 0 amide bonds. The molecular weight excluding hydrogens is 196 g/mol. The molecule has 0 fully saturated rings. The normalized spacial score (nSPS) is 19.2. The molecule has 68 valence electrons. The molecular formula is C2H9NO6P2. The van der Waals surface area contributed by atoms with Crippen molar-refractivity contribution in [1.82, 2.24) is 5.32 Å². The second-order valence-electron chi connectivity index (χ2n) is 1.39. The molecule has 0 aliphatic rings. The van der Waals surface area contributed by atoms with Crippen molar-refractivity contribution in [3.63, 3.8) is 0 Å². The standard InChI is InChI=1S/C2H9NO6P2/c1-3-2(8-10(4)5)9-11(6)7/h2-3,10-11H,1H3,(H,4,5)(H,6,7). The van der Waals surface area contributed by atoms with Crippen LogP contribution < -0.4 is 5.32 Å². The van der Waals surface area contributed by atoms with E-state index in [1.54, 1.807) is 0 Å². The van der Waals surface area contributed by atoms with E-state index < -0.39 is 22.9 Å². The molecule has 0 heterocycles. The van der Waals surface area contributed by atoms with Crippen molar-refractivity contribution in [3.05, 3.63) is 0 Å². The van der Waals surface area contributed by atoms with Crippen molar-refractivity contribution in [3.8, 4) is 0 Å². The van der Waals surface area contributed by atoms with Crippen molar-refractivity contribution in [2.24, 2.45) is 0 Å². The lowest BCUT2D eigenvalue weighted by atomic mass is 11.1. The Labute approximate surface area is 64.2 Å². The Morgan fingerprint density at radius 1 is 1.27 bits per heavy atom. The van der Waals surface area contributed by atoms with Crippen LogP contribution in [0, 0.1) is 0 Å². The monoisotopic (exact) mass is 205 g/mol. The van der Waals surface area contributed by atoms with Gasteiger partial charge >= 0.3 is 16.5 Å². The van der Waals surface area contributed by atoms with Gasteiger partial charge in [0.15, 0.2) is 0 Å². The average Bonchev–Trinajstić information content (AvgIpc) is 1.84. The largest absolute Gasteiger partial charge is 0.326 e. The summed E-state index contributed by atoms with van der Waals surface area (Å²) in [5.74, 6) is 0. The minimum Gasteiger partial charge on any atom is -0.326 e. The van der Waals surface area contributed by atoms with Crippen molar-refractivity contribution in [2.75, 3.05) is 7.05 Å². The Hall–Kier alpha value is 0.260. The predicted molar refractivity (Wildman–Crippen MR) is 37.5 cm³/mol. The van der Waals surface area contributed by atoms with Crippen LogP contribution >= 0.6 is 16.5 Å². The van der Waals surface area contributed by atoms with E-state index in [1.807, 2.05) is 0 Å². The van der Waals surface area contributed by atoms with Crippen LogP contribution in [0.5, 0.6) is 0 Å². The molecule has 0 radical (unpaired) electrons. The van der Waals surface area contributed by atoms with Crippen LogP contribution in [0.3, 0.4) is 0 Å². The topological polar surface area (TPSA) is 105 Å². The van der Waals surface area contributed by atoms with Crippen LogP contribution in [0.25, 0.3) is 0 Å². The highest BCUT2D eigenvalue weighted by molar-refractivity contribution is 7.32. The summed E-state index contributed by atoms with van der Waals surface area (Å²) in [7, 11) is -4.98. The maximum Gasteiger partial charge on any atom is 0.319 e. The molecule has 11 heavy (non-hydrogen) atoms. The molecule has 0 aromatic rings. The molecule has 3 N–H and O–H groups in total. The first-order valence-corrected chi connectivity index (χ1v) is 5.05. The zero-order chi connectivity index (χ0) is 8.85. The first-order valence-electron chi connectivity index (χ1n) is 2.52. The number of hydrogen-bond acceptors (Lipinski definition) is 5. The van der Waals surface area contributed by atoms with Crippen LogP contribution in [-0.4, -0.2) is 23.2 Å². The molecule has 2 unspecified atom stereocenters. The summed E-state index contributed by atoms with van der Waals surface area (Å²) in [6.45, 7) is 0. The third-order valence-electron chi connectivity index (χ3n) is 0.651. The van der Waals surface area contributed by atoms with Gasteiger partial charge in [-0.3, -0.25) is 23.5 Å². The Balaban J connectivity index is 3.76. The SMILES string of the molecule is CNC(O[PH](=O)O)O[PH](=O)O. The average molecular weight is 205 g/mol. The summed E-state index contributed by atoms with van der Waals surface area (Å²) >= 11 is 0. The van der Waals surface area contributed by atoms with E-state index >= 15 is 0 Å². The molecule has 7 nitrogen and oxygen atoms in total. The fraction of sp³-hybridized carbons (Fsp3) is 1.00. The molecule has 0 saturated carbocycles. The molecule has 0 saturated heterocycles. The Morgan fingerprint density at radius 3 is 1.82 bits per heavy atom. The molecule has 0 bridgehead atoms. The second kappa shape index (κ2) is 5.85. The smallest absolute Gasteiger partial charge is 0.319 e. The van der Waals surface area contributed by atoms with E-state index in [4.69, 9.17) is 9.79 Å². The van der Waals surface area contributed by atoms with E-state index in [1.165, 1.54) is 7.05 Å². The lowest BCUT2D eigenvalue weighted by molar-refractivity contribution is -0.0183. The summed E-state index contributed by atoms with van der Waals surface area (Å²) in [5.41, 5.74) is 0. The quantitative estimate of drug-likeness (QED) is 0.402. The summed E-state index contributed by atoms with van der Waals surface area (Å²) in [6.07, 6.45) is -1.32. The molecule has 0 aromatic carbocycles. The summed E-state index contributed by atoms with van der Waals surface area (Å²) < 4.78 is 28.3. The highest BCUT2D eigenvalue weighted by Gasteiger charge is 2.10. The Morgan fingerprint density at radius 2 is 1.64 bits per heavy atom. The van der Waals surface area contributed by atoms with Gasteiger partial charge in [0.25, 0.3) is 0 Å². The van der Waals surface area contributed by atoms with Crippen molar-refractivity contribution >= 4 is 16.5 Å². The van der Waals surface area contributed by atoms with Gasteiger partial charge in [-0.1, -0.05) is 0 Å². The van der Waals surface area contributed by atoms with Gasteiger partial charge in [-0.2, -0.15) is 0 Å². The maximum atomic E-state index is 10.0. The third kappa shape index (κ3) is 6.65. The van der Waals surface area contributed by atoms with Gasteiger partial charge in [0.05, 0.1) is 0 Å². The van der Waals surface area contributed by atoms with E-state index in [0.29, 0.717) is 0 Å². The van der Waals surface area contributed by atoms with Crippen LogP contribution in [0.4, 0.5) is 0 Å². The Bertz CT molecular complexity index is 145. The van der Waals surface area contributed by atoms with E-state index in [9.17, 15) is 9.13 Å². The van der Waals surface area contributed by atoms with Crippen molar-refractivity contribution < 1.29 is 28.0 Å². The minimum absolute atomic E-state index is 1.32. The summed E-state index contributed by atoms with van der Waals surface area (Å²) in [4.78, 5) is 16.4. The van der Waals surface area contributed by atoms with Crippen LogP contribution in [0.2, 0.25) is 0 Å². The first kappa shape index (κ1) is 11.3. The highest BCUT2D eigenvalue weighted by Crippen LogP contribution is 2.24. The molecule has 0 aliphatic carbocycles. The zero-order valence-electron chi connectivity index (χ0n) is 5.60. The third-order valence-corrected chi connectivity index (χ3v) is 1.48. The number of nitrogens with one attached hydrogen (secondary N) is 1. The van der Waals surface area contributed by atoms with Gasteiger partial charge in [-0.15, -0.1) is 0 Å². The van der Waals surface area contributed by atoms with Gasteiger partial charge in [0.2, 0.25) is 6.41 Å². The molecule has 2 atom stereocenters. The molecule has 0 aromatic heterocycles. The van der Waals surface area contributed by atoms with E-state index in [2.05, 4.69) is 14.4 Å². The number of rotatable bonds is 5. The fourth-order valence-electron chi connectivity index (χ4n) is 0.325. The van der Waals surface area contributed by atoms with E-state index in [0.717, 1.165) is 0 Å². The minimum atomic E-state index is -3.16. The Kier molecular flexibility index (Phi) is 5.99. The van der Waals surface area contributed by atoms with Gasteiger partial charge < -0.3 is 9.79 Å². The van der Waals surface area contributed by atoms with Crippen LogP contribution in [-0.2, 0) is 18.2 Å². The van der Waals surface area contributed by atoms with Crippen molar-refractivity contribution in [1.29, 1.82) is 0 Å². The number of hydrogen-bond donors (Lipinski definition) is 3. The highest BCUT2D eigenvalue weighted by atomic mass is 31.1. The second-order valence-corrected chi connectivity index (χ2v) is 2.92. The molecule has 0 aliphatic heterocycles. The molecule has 0 rings (SSSR count). The fourth-order valence-corrected chi connectivity index (χ4v) is 1.12. The van der Waals surface area contributed by atoms with Crippen LogP contribution in [0.1, 0.15) is 0 Å². The van der Waals surface area contributed by atoms with Gasteiger partial charge in [0, 0.05) is 0 Å². The van der Waals surface area contributed by atoms with Crippen LogP contribution in [0.15, 0.2) is 0 Å². The zero-order valence-corrected chi connectivity index (χ0v) is 7.60. The predicted octanol–water partition coefficient (Wildman–Crippen LogP) is -0.713. The van der Waals surface area contributed by atoms with Gasteiger partial charge in [0.1, 0.15) is 0 Å².